The lowest BCUT2D eigenvalue weighted by molar-refractivity contribution is -0.124. The fraction of sp³-hybridized carbons (Fsp3) is 0.556. The average molecular weight is 332 g/mol. The van der Waals surface area contributed by atoms with E-state index in [2.05, 4.69) is 11.4 Å². The van der Waals surface area contributed by atoms with E-state index in [1.807, 2.05) is 29.7 Å². The Hall–Kier alpha value is -2.13. The van der Waals surface area contributed by atoms with Gasteiger partial charge in [0.25, 0.3) is 0 Å². The Morgan fingerprint density at radius 1 is 1.33 bits per heavy atom. The number of nitrogens with one attached hydrogen (secondary N) is 1. The van der Waals surface area contributed by atoms with Crippen molar-refractivity contribution in [2.75, 3.05) is 37.6 Å². The van der Waals surface area contributed by atoms with Crippen molar-refractivity contribution in [3.8, 4) is 6.07 Å². The van der Waals surface area contributed by atoms with E-state index in [1.54, 1.807) is 19.1 Å². The number of hydrogen-bond acceptors (Lipinski definition) is 4. The number of halogens is 1. The van der Waals surface area contributed by atoms with Gasteiger partial charge in [0, 0.05) is 26.2 Å². The second kappa shape index (κ2) is 7.63. The van der Waals surface area contributed by atoms with Gasteiger partial charge >= 0.3 is 0 Å². The summed E-state index contributed by atoms with van der Waals surface area (Å²) in [4.78, 5) is 16.2. The molecule has 24 heavy (non-hydrogen) atoms. The van der Waals surface area contributed by atoms with Crippen LogP contribution in [0.1, 0.15) is 20.8 Å². The lowest BCUT2D eigenvalue weighted by Gasteiger charge is -2.36. The summed E-state index contributed by atoms with van der Waals surface area (Å²) >= 11 is 0. The van der Waals surface area contributed by atoms with Gasteiger partial charge in [-0.15, -0.1) is 0 Å². The molecule has 5 nitrogen and oxygen atoms in total. The summed E-state index contributed by atoms with van der Waals surface area (Å²) < 4.78 is 13.8. The van der Waals surface area contributed by atoms with Crippen LogP contribution in [-0.2, 0) is 4.79 Å². The minimum absolute atomic E-state index is 0.0318. The monoisotopic (exact) mass is 332 g/mol. The number of carbonyl (C=O) groups is 1. The zero-order valence-corrected chi connectivity index (χ0v) is 14.6. The van der Waals surface area contributed by atoms with E-state index < -0.39 is 5.54 Å². The lowest BCUT2D eigenvalue weighted by Crippen LogP contribution is -2.54. The molecule has 1 atom stereocenters. The summed E-state index contributed by atoms with van der Waals surface area (Å²) in [6.07, 6.45) is 0. The number of carbonyl (C=O) groups excluding carboxylic acids is 1. The van der Waals surface area contributed by atoms with E-state index in [4.69, 9.17) is 0 Å². The molecule has 130 valence electrons. The van der Waals surface area contributed by atoms with Crippen molar-refractivity contribution in [3.05, 3.63) is 30.1 Å². The number of amides is 1. The Kier molecular flexibility index (Phi) is 5.79. The number of piperazine rings is 1. The number of anilines is 1. The van der Waals surface area contributed by atoms with Crippen LogP contribution in [0.4, 0.5) is 10.1 Å². The molecule has 1 N–H and O–H groups in total. The third-order valence-corrected chi connectivity index (χ3v) is 4.72. The maximum absolute atomic E-state index is 13.8. The summed E-state index contributed by atoms with van der Waals surface area (Å²) in [6.45, 7) is 8.55. The molecule has 0 aromatic heterocycles. The molecule has 0 aliphatic carbocycles. The summed E-state index contributed by atoms with van der Waals surface area (Å²) in [5.41, 5.74) is -0.245. The molecule has 0 saturated carbocycles. The molecular formula is C18H25FN4O. The molecule has 2 rings (SSSR count). The summed E-state index contributed by atoms with van der Waals surface area (Å²) in [5, 5.41) is 12.1. The smallest absolute Gasteiger partial charge is 0.235 e. The summed E-state index contributed by atoms with van der Waals surface area (Å²) in [7, 11) is 0. The number of para-hydroxylation sites is 1. The molecule has 1 aromatic rings. The third kappa shape index (κ3) is 4.24. The van der Waals surface area contributed by atoms with Crippen LogP contribution < -0.4 is 10.2 Å². The van der Waals surface area contributed by atoms with Gasteiger partial charge in [0.05, 0.1) is 18.3 Å². The van der Waals surface area contributed by atoms with E-state index in [0.717, 1.165) is 0 Å². The largest absolute Gasteiger partial charge is 0.367 e. The van der Waals surface area contributed by atoms with Crippen LogP contribution in [0.5, 0.6) is 0 Å². The molecule has 1 aliphatic rings. The van der Waals surface area contributed by atoms with Crippen LogP contribution >= 0.6 is 0 Å². The molecule has 1 aromatic carbocycles. The molecule has 6 heteroatoms. The Labute approximate surface area is 143 Å². The van der Waals surface area contributed by atoms with Gasteiger partial charge in [0.2, 0.25) is 5.91 Å². The lowest BCUT2D eigenvalue weighted by atomic mass is 9.90. The van der Waals surface area contributed by atoms with Crippen molar-refractivity contribution in [2.45, 2.75) is 26.3 Å². The molecular weight excluding hydrogens is 307 g/mol. The topological polar surface area (TPSA) is 59.4 Å². The van der Waals surface area contributed by atoms with E-state index >= 15 is 0 Å². The molecule has 0 spiro atoms. The van der Waals surface area contributed by atoms with Gasteiger partial charge < -0.3 is 10.2 Å². The fourth-order valence-corrected chi connectivity index (χ4v) is 2.69. The second-order valence-corrected chi connectivity index (χ2v) is 6.73. The SMILES string of the molecule is CC(C)C(C)(C#N)NC(=O)CN1CCN(c2ccccc2F)CC1. The predicted molar refractivity (Wildman–Crippen MR) is 92.1 cm³/mol. The van der Waals surface area contributed by atoms with Crippen molar-refractivity contribution < 1.29 is 9.18 Å². The van der Waals surface area contributed by atoms with Crippen molar-refractivity contribution in [1.82, 2.24) is 10.2 Å². The highest BCUT2D eigenvalue weighted by atomic mass is 19.1. The maximum atomic E-state index is 13.8. The van der Waals surface area contributed by atoms with Crippen LogP contribution in [0.15, 0.2) is 24.3 Å². The first kappa shape index (κ1) is 18.2. The van der Waals surface area contributed by atoms with Gasteiger partial charge in [0.1, 0.15) is 11.4 Å². The molecule has 1 fully saturated rings. The summed E-state index contributed by atoms with van der Waals surface area (Å²) in [5.74, 6) is -0.332. The van der Waals surface area contributed by atoms with E-state index in [0.29, 0.717) is 31.9 Å². The van der Waals surface area contributed by atoms with Crippen molar-refractivity contribution >= 4 is 11.6 Å². The average Bonchev–Trinajstić information content (AvgIpc) is 2.55. The molecule has 1 saturated heterocycles. The van der Waals surface area contributed by atoms with E-state index in [1.165, 1.54) is 6.07 Å². The molecule has 1 aliphatic heterocycles. The minimum atomic E-state index is -0.855. The Balaban J connectivity index is 1.86. The molecule has 1 unspecified atom stereocenters. The Morgan fingerprint density at radius 3 is 2.50 bits per heavy atom. The number of nitriles is 1. The van der Waals surface area contributed by atoms with Crippen LogP contribution in [0, 0.1) is 23.1 Å². The first-order chi connectivity index (χ1) is 11.4. The Morgan fingerprint density at radius 2 is 1.96 bits per heavy atom. The maximum Gasteiger partial charge on any atom is 0.235 e. The zero-order chi connectivity index (χ0) is 17.7. The van der Waals surface area contributed by atoms with Crippen molar-refractivity contribution in [2.24, 2.45) is 5.92 Å². The zero-order valence-electron chi connectivity index (χ0n) is 14.6. The highest BCUT2D eigenvalue weighted by molar-refractivity contribution is 5.79. The Bertz CT molecular complexity index is 620. The van der Waals surface area contributed by atoms with Crippen molar-refractivity contribution in [1.29, 1.82) is 5.26 Å². The second-order valence-electron chi connectivity index (χ2n) is 6.73. The van der Waals surface area contributed by atoms with Gasteiger partial charge in [-0.1, -0.05) is 26.0 Å². The number of hydrogen-bond donors (Lipinski definition) is 1. The number of nitrogens with zero attached hydrogens (tertiary/aromatic N) is 3. The quantitative estimate of drug-likeness (QED) is 0.896. The normalized spacial score (nSPS) is 18.1. The highest BCUT2D eigenvalue weighted by Crippen LogP contribution is 2.20. The van der Waals surface area contributed by atoms with Crippen molar-refractivity contribution in [3.63, 3.8) is 0 Å². The molecule has 0 bridgehead atoms. The molecule has 1 heterocycles. The van der Waals surface area contributed by atoms with Gasteiger partial charge in [0.15, 0.2) is 0 Å². The summed E-state index contributed by atoms with van der Waals surface area (Å²) in [6, 6.07) is 8.93. The van der Waals surface area contributed by atoms with Gasteiger partial charge in [-0.25, -0.2) is 4.39 Å². The van der Waals surface area contributed by atoms with Crippen LogP contribution in [0.25, 0.3) is 0 Å². The first-order valence-corrected chi connectivity index (χ1v) is 8.30. The highest BCUT2D eigenvalue weighted by Gasteiger charge is 2.31. The fourth-order valence-electron chi connectivity index (χ4n) is 2.69. The van der Waals surface area contributed by atoms with Crippen LogP contribution in [0.2, 0.25) is 0 Å². The standard InChI is InChI=1S/C18H25FN4O/c1-14(2)18(3,13-20)21-17(24)12-22-8-10-23(11-9-22)16-7-5-4-6-15(16)19/h4-7,14H,8-12H2,1-3H3,(H,21,24). The minimum Gasteiger partial charge on any atom is -0.367 e. The third-order valence-electron chi connectivity index (χ3n) is 4.72. The van der Waals surface area contributed by atoms with Crippen LogP contribution in [-0.4, -0.2) is 49.1 Å². The molecule has 1 amide bonds. The van der Waals surface area contributed by atoms with Crippen LogP contribution in [0.3, 0.4) is 0 Å². The van der Waals surface area contributed by atoms with Gasteiger partial charge in [-0.3, -0.25) is 9.69 Å². The van der Waals surface area contributed by atoms with Gasteiger partial charge in [-0.2, -0.15) is 5.26 Å². The number of rotatable bonds is 5. The first-order valence-electron chi connectivity index (χ1n) is 8.30. The predicted octanol–water partition coefficient (Wildman–Crippen LogP) is 2.00. The van der Waals surface area contributed by atoms with E-state index in [-0.39, 0.29) is 24.2 Å². The molecule has 0 radical (unpaired) electrons. The van der Waals surface area contributed by atoms with Gasteiger partial charge in [-0.05, 0) is 25.0 Å². The van der Waals surface area contributed by atoms with E-state index in [9.17, 15) is 14.4 Å². The number of benzene rings is 1.